The first-order valence-electron chi connectivity index (χ1n) is 9.14. The molecule has 5 rings (SSSR count). The number of carbonyl (C=O) groups is 1. The Hall–Kier alpha value is -3.15. The maximum absolute atomic E-state index is 12.9. The lowest BCUT2D eigenvalue weighted by Crippen LogP contribution is -2.10. The average molecular weight is 418 g/mol. The van der Waals surface area contributed by atoms with Gasteiger partial charge in [0.05, 0.1) is 16.3 Å². The second kappa shape index (κ2) is 7.03. The Balaban J connectivity index is 1.48. The highest BCUT2D eigenvalue weighted by atomic mass is 35.5. The van der Waals surface area contributed by atoms with Gasteiger partial charge in [-0.25, -0.2) is 4.68 Å². The third-order valence-corrected chi connectivity index (χ3v) is 6.21. The predicted octanol–water partition coefficient (Wildman–Crippen LogP) is 6.45. The molecule has 5 aromatic rings. The highest BCUT2D eigenvalue weighted by Gasteiger charge is 2.17. The van der Waals surface area contributed by atoms with Gasteiger partial charge in [-0.2, -0.15) is 5.10 Å². The summed E-state index contributed by atoms with van der Waals surface area (Å²) in [5.74, 6) is -0.122. The van der Waals surface area contributed by atoms with Crippen LogP contribution in [0.1, 0.15) is 15.4 Å². The topological polar surface area (TPSA) is 46.9 Å². The van der Waals surface area contributed by atoms with Gasteiger partial charge in [0, 0.05) is 16.1 Å². The number of carbonyl (C=O) groups excluding carboxylic acids is 1. The number of benzene rings is 3. The van der Waals surface area contributed by atoms with Crippen LogP contribution in [0.4, 0.5) is 5.69 Å². The molecule has 0 atom stereocenters. The van der Waals surface area contributed by atoms with Gasteiger partial charge in [0.15, 0.2) is 0 Å². The summed E-state index contributed by atoms with van der Waals surface area (Å²) in [6.45, 7) is 1.95. The van der Waals surface area contributed by atoms with Crippen molar-refractivity contribution in [1.29, 1.82) is 0 Å². The normalized spacial score (nSPS) is 11.2. The van der Waals surface area contributed by atoms with Crippen LogP contribution in [0.2, 0.25) is 5.02 Å². The van der Waals surface area contributed by atoms with E-state index in [9.17, 15) is 4.79 Å². The van der Waals surface area contributed by atoms with E-state index in [0.717, 1.165) is 38.1 Å². The number of nitrogens with zero attached hydrogens (tertiary/aromatic N) is 2. The second-order valence-corrected chi connectivity index (χ2v) is 8.29. The fourth-order valence-electron chi connectivity index (χ4n) is 3.38. The standard InChI is InChI=1S/C23H16ClN3OS/c1-14-20-13-21(29-23(20)27(26-14)19-10-7-17(24)8-11-19)22(28)25-18-9-6-15-4-2-3-5-16(15)12-18/h2-13H,1H3,(H,25,28). The number of halogens is 1. The third kappa shape index (κ3) is 3.28. The number of aromatic nitrogens is 2. The summed E-state index contributed by atoms with van der Waals surface area (Å²) in [6, 6.07) is 23.4. The van der Waals surface area contributed by atoms with E-state index in [1.165, 1.54) is 11.3 Å². The van der Waals surface area contributed by atoms with Crippen molar-refractivity contribution in [2.45, 2.75) is 6.92 Å². The van der Waals surface area contributed by atoms with Crippen LogP contribution in [-0.4, -0.2) is 15.7 Å². The van der Waals surface area contributed by atoms with Gasteiger partial charge in [-0.3, -0.25) is 4.79 Å². The quantitative estimate of drug-likeness (QED) is 0.366. The number of hydrogen-bond acceptors (Lipinski definition) is 3. The third-order valence-electron chi connectivity index (χ3n) is 4.85. The molecule has 0 bridgehead atoms. The maximum atomic E-state index is 12.9. The van der Waals surface area contributed by atoms with Gasteiger partial charge in [-0.15, -0.1) is 11.3 Å². The summed E-state index contributed by atoms with van der Waals surface area (Å²) in [7, 11) is 0. The monoisotopic (exact) mass is 417 g/mol. The summed E-state index contributed by atoms with van der Waals surface area (Å²) in [5.41, 5.74) is 2.58. The van der Waals surface area contributed by atoms with Gasteiger partial charge < -0.3 is 5.32 Å². The zero-order valence-electron chi connectivity index (χ0n) is 15.5. The Morgan fingerprint density at radius 2 is 1.76 bits per heavy atom. The summed E-state index contributed by atoms with van der Waals surface area (Å²) >= 11 is 7.43. The fraction of sp³-hybridized carbons (Fsp3) is 0.0435. The number of thiophene rings is 1. The van der Waals surface area contributed by atoms with Crippen LogP contribution >= 0.6 is 22.9 Å². The number of nitrogens with one attached hydrogen (secondary N) is 1. The molecule has 0 saturated carbocycles. The Kier molecular flexibility index (Phi) is 4.34. The van der Waals surface area contributed by atoms with Crippen LogP contribution in [-0.2, 0) is 0 Å². The Morgan fingerprint density at radius 3 is 2.55 bits per heavy atom. The Morgan fingerprint density at radius 1 is 1.00 bits per heavy atom. The molecule has 2 heterocycles. The molecule has 0 aliphatic heterocycles. The van der Waals surface area contributed by atoms with Crippen LogP contribution < -0.4 is 5.32 Å². The number of hydrogen-bond donors (Lipinski definition) is 1. The highest BCUT2D eigenvalue weighted by Crippen LogP contribution is 2.31. The van der Waals surface area contributed by atoms with Crippen molar-refractivity contribution in [1.82, 2.24) is 9.78 Å². The van der Waals surface area contributed by atoms with E-state index in [0.29, 0.717) is 9.90 Å². The minimum absolute atomic E-state index is 0.122. The lowest BCUT2D eigenvalue weighted by Gasteiger charge is -2.05. The average Bonchev–Trinajstić information content (AvgIpc) is 3.29. The largest absolute Gasteiger partial charge is 0.321 e. The molecule has 0 aliphatic rings. The molecular formula is C23H16ClN3OS. The number of aryl methyl sites for hydroxylation is 1. The van der Waals surface area contributed by atoms with E-state index >= 15 is 0 Å². The number of anilines is 1. The molecule has 0 radical (unpaired) electrons. The predicted molar refractivity (Wildman–Crippen MR) is 121 cm³/mol. The molecule has 0 fully saturated rings. The van der Waals surface area contributed by atoms with Gasteiger partial charge in [-0.05, 0) is 60.2 Å². The van der Waals surface area contributed by atoms with E-state index < -0.39 is 0 Å². The van der Waals surface area contributed by atoms with Crippen molar-refractivity contribution in [2.75, 3.05) is 5.32 Å². The molecular weight excluding hydrogens is 402 g/mol. The molecule has 3 aromatic carbocycles. The number of rotatable bonds is 3. The van der Waals surface area contributed by atoms with Crippen molar-refractivity contribution < 1.29 is 4.79 Å². The molecule has 4 nitrogen and oxygen atoms in total. The lowest BCUT2D eigenvalue weighted by molar-refractivity contribution is 0.103. The van der Waals surface area contributed by atoms with Crippen LogP contribution in [0.25, 0.3) is 26.7 Å². The molecule has 1 amide bonds. The fourth-order valence-corrected chi connectivity index (χ4v) is 4.58. The van der Waals surface area contributed by atoms with Gasteiger partial charge in [-0.1, -0.05) is 41.9 Å². The Bertz CT molecular complexity index is 1370. The minimum atomic E-state index is -0.122. The molecule has 0 saturated heterocycles. The minimum Gasteiger partial charge on any atom is -0.321 e. The van der Waals surface area contributed by atoms with Crippen LogP contribution in [0.15, 0.2) is 72.8 Å². The molecule has 0 unspecified atom stereocenters. The summed E-state index contributed by atoms with van der Waals surface area (Å²) < 4.78 is 1.86. The van der Waals surface area contributed by atoms with Gasteiger partial charge >= 0.3 is 0 Å². The summed E-state index contributed by atoms with van der Waals surface area (Å²) in [4.78, 5) is 14.5. The summed E-state index contributed by atoms with van der Waals surface area (Å²) in [5, 5.41) is 11.5. The van der Waals surface area contributed by atoms with Gasteiger partial charge in [0.2, 0.25) is 0 Å². The highest BCUT2D eigenvalue weighted by molar-refractivity contribution is 7.20. The lowest BCUT2D eigenvalue weighted by atomic mass is 10.1. The first kappa shape index (κ1) is 17.9. The van der Waals surface area contributed by atoms with Crippen molar-refractivity contribution in [3.63, 3.8) is 0 Å². The van der Waals surface area contributed by atoms with Crippen molar-refractivity contribution in [2.24, 2.45) is 0 Å². The van der Waals surface area contributed by atoms with Crippen LogP contribution in [0, 0.1) is 6.92 Å². The zero-order chi connectivity index (χ0) is 20.0. The van der Waals surface area contributed by atoms with Crippen LogP contribution in [0.3, 0.4) is 0 Å². The second-order valence-electron chi connectivity index (χ2n) is 6.82. The summed E-state index contributed by atoms with van der Waals surface area (Å²) in [6.07, 6.45) is 0. The van der Waals surface area contributed by atoms with E-state index in [2.05, 4.69) is 16.5 Å². The molecule has 142 valence electrons. The van der Waals surface area contributed by atoms with Gasteiger partial charge in [0.25, 0.3) is 5.91 Å². The molecule has 6 heteroatoms. The van der Waals surface area contributed by atoms with E-state index in [1.54, 1.807) is 0 Å². The first-order chi connectivity index (χ1) is 14.1. The SMILES string of the molecule is Cc1nn(-c2ccc(Cl)cc2)c2sc(C(=O)Nc3ccc4ccccc4c3)cc12. The van der Waals surface area contributed by atoms with Crippen LogP contribution in [0.5, 0.6) is 0 Å². The molecule has 1 N–H and O–H groups in total. The van der Waals surface area contributed by atoms with E-state index in [4.69, 9.17) is 11.6 Å². The molecule has 0 spiro atoms. The molecule has 2 aromatic heterocycles. The Labute approximate surface area is 176 Å². The van der Waals surface area contributed by atoms with Crippen molar-refractivity contribution in [3.05, 3.63) is 88.4 Å². The first-order valence-corrected chi connectivity index (χ1v) is 10.3. The molecule has 29 heavy (non-hydrogen) atoms. The zero-order valence-corrected chi connectivity index (χ0v) is 17.1. The van der Waals surface area contributed by atoms with Crippen molar-refractivity contribution >= 4 is 55.5 Å². The van der Waals surface area contributed by atoms with Crippen molar-refractivity contribution in [3.8, 4) is 5.69 Å². The maximum Gasteiger partial charge on any atom is 0.265 e. The van der Waals surface area contributed by atoms with Gasteiger partial charge in [0.1, 0.15) is 4.83 Å². The number of fused-ring (bicyclic) bond motifs is 2. The van der Waals surface area contributed by atoms with E-state index in [-0.39, 0.29) is 5.91 Å². The smallest absolute Gasteiger partial charge is 0.265 e. The number of amides is 1. The molecule has 0 aliphatic carbocycles. The van der Waals surface area contributed by atoms with E-state index in [1.807, 2.05) is 78.3 Å².